The predicted octanol–water partition coefficient (Wildman–Crippen LogP) is 3.89. The van der Waals surface area contributed by atoms with E-state index in [-0.39, 0.29) is 0 Å². The molecule has 1 aromatic carbocycles. The maximum absolute atomic E-state index is 12.3. The van der Waals surface area contributed by atoms with Crippen LogP contribution in [0.2, 0.25) is 5.02 Å². The summed E-state index contributed by atoms with van der Waals surface area (Å²) < 4.78 is 26.2. The Morgan fingerprint density at radius 3 is 2.64 bits per heavy atom. The third-order valence-electron chi connectivity index (χ3n) is 4.10. The van der Waals surface area contributed by atoms with Crippen LogP contribution in [0.1, 0.15) is 32.6 Å². The lowest BCUT2D eigenvalue weighted by atomic mass is 10.2. The third-order valence-corrected chi connectivity index (χ3v) is 5.90. The normalized spacial score (nSPS) is 16.0. The standard InChI is InChI=1S/C19H25ClN2O2S/c1-2-3-4-5-6-7-8-16-25(23,24)22-14-12-21(13-15-22)19-11-9-10-18(20)17-19/h8-11,16-17H,2-5,12-15H2,1H3. The van der Waals surface area contributed by atoms with Gasteiger partial charge in [-0.3, -0.25) is 0 Å². The Morgan fingerprint density at radius 1 is 1.20 bits per heavy atom. The van der Waals surface area contributed by atoms with Gasteiger partial charge in [0.2, 0.25) is 10.0 Å². The van der Waals surface area contributed by atoms with Crippen molar-refractivity contribution in [3.8, 4) is 11.8 Å². The Hall–Kier alpha value is -1.48. The first kappa shape index (κ1) is 19.8. The summed E-state index contributed by atoms with van der Waals surface area (Å²) in [5.41, 5.74) is 1.03. The van der Waals surface area contributed by atoms with Crippen molar-refractivity contribution in [1.82, 2.24) is 4.31 Å². The summed E-state index contributed by atoms with van der Waals surface area (Å²) in [5.74, 6) is 5.81. The Morgan fingerprint density at radius 2 is 1.96 bits per heavy atom. The van der Waals surface area contributed by atoms with E-state index in [4.69, 9.17) is 11.6 Å². The molecule has 4 nitrogen and oxygen atoms in total. The van der Waals surface area contributed by atoms with E-state index in [2.05, 4.69) is 23.7 Å². The second-order valence-corrected chi connectivity index (χ2v) is 8.25. The van der Waals surface area contributed by atoms with Gasteiger partial charge in [0.1, 0.15) is 0 Å². The first-order chi connectivity index (χ1) is 12.0. The zero-order chi connectivity index (χ0) is 18.1. The highest BCUT2D eigenvalue weighted by Crippen LogP contribution is 2.21. The van der Waals surface area contributed by atoms with Crippen molar-refractivity contribution >= 4 is 27.3 Å². The molecule has 0 N–H and O–H groups in total. The van der Waals surface area contributed by atoms with Crippen molar-refractivity contribution in [2.24, 2.45) is 0 Å². The van der Waals surface area contributed by atoms with Crippen molar-refractivity contribution in [1.29, 1.82) is 0 Å². The summed E-state index contributed by atoms with van der Waals surface area (Å²) in [5, 5.41) is 1.91. The van der Waals surface area contributed by atoms with Gasteiger partial charge in [0.15, 0.2) is 0 Å². The van der Waals surface area contributed by atoms with Crippen molar-refractivity contribution in [2.45, 2.75) is 32.6 Å². The first-order valence-corrected chi connectivity index (χ1v) is 10.6. The summed E-state index contributed by atoms with van der Waals surface area (Å²) in [6.07, 6.45) is 5.65. The maximum atomic E-state index is 12.3. The number of sulfonamides is 1. The van der Waals surface area contributed by atoms with Crippen LogP contribution in [-0.4, -0.2) is 38.9 Å². The van der Waals surface area contributed by atoms with E-state index in [0.29, 0.717) is 31.2 Å². The van der Waals surface area contributed by atoms with Gasteiger partial charge in [0, 0.05) is 49.4 Å². The minimum absolute atomic E-state index is 0.461. The van der Waals surface area contributed by atoms with Crippen molar-refractivity contribution in [3.05, 3.63) is 40.8 Å². The smallest absolute Gasteiger partial charge is 0.236 e. The van der Waals surface area contributed by atoms with Gasteiger partial charge in [-0.2, -0.15) is 4.31 Å². The Kier molecular flexibility index (Phi) is 7.83. The molecule has 1 aliphatic heterocycles. The minimum Gasteiger partial charge on any atom is -0.369 e. The lowest BCUT2D eigenvalue weighted by Crippen LogP contribution is -2.48. The molecule has 1 saturated heterocycles. The summed E-state index contributed by atoms with van der Waals surface area (Å²) in [4.78, 5) is 2.15. The predicted molar refractivity (Wildman–Crippen MR) is 105 cm³/mol. The maximum Gasteiger partial charge on any atom is 0.236 e. The number of piperazine rings is 1. The van der Waals surface area contributed by atoms with E-state index in [0.717, 1.165) is 31.4 Å². The number of hydrogen-bond acceptors (Lipinski definition) is 3. The van der Waals surface area contributed by atoms with Crippen LogP contribution in [0.5, 0.6) is 0 Å². The van der Waals surface area contributed by atoms with Gasteiger partial charge in [-0.1, -0.05) is 49.3 Å². The Balaban J connectivity index is 1.86. The number of anilines is 1. The fraction of sp³-hybridized carbons (Fsp3) is 0.474. The molecule has 136 valence electrons. The lowest BCUT2D eigenvalue weighted by molar-refractivity contribution is 0.390. The highest BCUT2D eigenvalue weighted by Gasteiger charge is 2.25. The molecule has 1 aromatic rings. The molecule has 0 spiro atoms. The zero-order valence-corrected chi connectivity index (χ0v) is 16.2. The molecule has 25 heavy (non-hydrogen) atoms. The second-order valence-electron chi connectivity index (χ2n) is 5.99. The van der Waals surface area contributed by atoms with Gasteiger partial charge in [0.05, 0.1) is 5.41 Å². The van der Waals surface area contributed by atoms with Crippen molar-refractivity contribution in [3.63, 3.8) is 0 Å². The Bertz CT molecular complexity index is 742. The largest absolute Gasteiger partial charge is 0.369 e. The minimum atomic E-state index is -3.40. The fourth-order valence-electron chi connectivity index (χ4n) is 2.67. The molecule has 0 aliphatic carbocycles. The number of hydrogen-bond donors (Lipinski definition) is 0. The van der Waals surface area contributed by atoms with Gasteiger partial charge >= 0.3 is 0 Å². The van der Waals surface area contributed by atoms with Gasteiger partial charge in [-0.05, 0) is 24.6 Å². The lowest BCUT2D eigenvalue weighted by Gasteiger charge is -2.34. The summed E-state index contributed by atoms with van der Waals surface area (Å²) >= 11 is 6.02. The number of allylic oxidation sites excluding steroid dienone is 1. The number of rotatable bonds is 6. The van der Waals surface area contributed by atoms with E-state index < -0.39 is 10.0 Å². The van der Waals surface area contributed by atoms with Crippen LogP contribution < -0.4 is 4.90 Å². The molecule has 2 rings (SSSR count). The van der Waals surface area contributed by atoms with E-state index >= 15 is 0 Å². The summed E-state index contributed by atoms with van der Waals surface area (Å²) in [6, 6.07) is 7.63. The van der Waals surface area contributed by atoms with Crippen LogP contribution in [0.4, 0.5) is 5.69 Å². The topological polar surface area (TPSA) is 40.6 Å². The second kappa shape index (κ2) is 9.86. The molecule has 1 fully saturated rings. The van der Waals surface area contributed by atoms with Gasteiger partial charge in [-0.25, -0.2) is 8.42 Å². The molecular weight excluding hydrogens is 356 g/mol. The molecule has 0 atom stereocenters. The zero-order valence-electron chi connectivity index (χ0n) is 14.6. The molecular formula is C19H25ClN2O2S. The van der Waals surface area contributed by atoms with Gasteiger partial charge < -0.3 is 4.90 Å². The molecule has 1 aliphatic rings. The molecule has 6 heteroatoms. The molecule has 0 unspecified atom stereocenters. The number of nitrogens with zero attached hydrogens (tertiary/aromatic N) is 2. The van der Waals surface area contributed by atoms with Crippen LogP contribution in [0.25, 0.3) is 0 Å². The monoisotopic (exact) mass is 380 g/mol. The first-order valence-electron chi connectivity index (χ1n) is 8.68. The summed E-state index contributed by atoms with van der Waals surface area (Å²) in [7, 11) is -3.40. The highest BCUT2D eigenvalue weighted by molar-refractivity contribution is 7.92. The van der Waals surface area contributed by atoms with Crippen LogP contribution in [0, 0.1) is 11.8 Å². The van der Waals surface area contributed by atoms with Crippen molar-refractivity contribution in [2.75, 3.05) is 31.1 Å². The molecule has 0 bridgehead atoms. The molecule has 0 amide bonds. The van der Waals surface area contributed by atoms with E-state index in [9.17, 15) is 8.42 Å². The van der Waals surface area contributed by atoms with Crippen LogP contribution in [0.15, 0.2) is 35.7 Å². The SMILES string of the molecule is CCCCCC#CC=CS(=O)(=O)N1CCN(c2cccc(Cl)c2)CC1. The van der Waals surface area contributed by atoms with E-state index in [1.165, 1.54) is 15.8 Å². The summed E-state index contributed by atoms with van der Waals surface area (Å²) in [6.45, 7) is 4.37. The molecule has 0 radical (unpaired) electrons. The van der Waals surface area contributed by atoms with E-state index in [1.54, 1.807) is 0 Å². The molecule has 1 heterocycles. The van der Waals surface area contributed by atoms with Crippen LogP contribution in [-0.2, 0) is 10.0 Å². The fourth-order valence-corrected chi connectivity index (χ4v) is 3.94. The molecule has 0 saturated carbocycles. The third kappa shape index (κ3) is 6.39. The highest BCUT2D eigenvalue weighted by atomic mass is 35.5. The van der Waals surface area contributed by atoms with Crippen LogP contribution >= 0.6 is 11.6 Å². The van der Waals surface area contributed by atoms with Gasteiger partial charge in [-0.15, -0.1) is 0 Å². The molecule has 0 aromatic heterocycles. The number of unbranched alkanes of at least 4 members (excludes halogenated alkanes) is 3. The average Bonchev–Trinajstić information content (AvgIpc) is 2.61. The van der Waals surface area contributed by atoms with Crippen molar-refractivity contribution < 1.29 is 8.42 Å². The van der Waals surface area contributed by atoms with Crippen LogP contribution in [0.3, 0.4) is 0 Å². The van der Waals surface area contributed by atoms with Gasteiger partial charge in [0.25, 0.3) is 0 Å². The Labute approximate surface area is 156 Å². The number of halogens is 1. The number of benzene rings is 1. The van der Waals surface area contributed by atoms with E-state index in [1.807, 2.05) is 24.3 Å². The average molecular weight is 381 g/mol. The quantitative estimate of drug-likeness (QED) is 0.555.